The third-order valence-corrected chi connectivity index (χ3v) is 16.0. The molecule has 0 bridgehead atoms. The Labute approximate surface area is 421 Å². The molecule has 0 saturated heterocycles. The summed E-state index contributed by atoms with van der Waals surface area (Å²) in [7, 11) is -8.61. The van der Waals surface area contributed by atoms with Gasteiger partial charge in [-0.05, 0) is 68.9 Å². The number of fused-ring (bicyclic) bond motifs is 2. The van der Waals surface area contributed by atoms with Crippen LogP contribution in [0.25, 0.3) is 22.0 Å². The lowest BCUT2D eigenvalue weighted by Crippen LogP contribution is -2.37. The SMILES string of the molecule is C[C@@H]1c2c(C(F)(F)F)nn(CC(=O)N[C@@H](Cc3cc(F)cc(F)c3)c3nc(CCC(C)(C)S(C)(=O)=O)ccc3-c3ccc(Cl)c4c(N(C(=O)OCCOCCO)S(C)(=O)=O)nn(CC(F)(F)F)c34)c2C(F)(F)[C@@H]1C. The van der Waals surface area contributed by atoms with Crippen molar-refractivity contribution in [3.05, 3.63) is 93.0 Å². The minimum absolute atomic E-state index is 0.0381. The molecule has 5 aromatic rings. The lowest BCUT2D eigenvalue weighted by molar-refractivity contribution is -0.143. The number of ether oxygens (including phenoxy) is 2. The number of amides is 2. The lowest BCUT2D eigenvalue weighted by atomic mass is 9.93. The number of nitrogens with one attached hydrogen (secondary N) is 1. The molecule has 406 valence electrons. The first-order chi connectivity index (χ1) is 34.1. The Hall–Kier alpha value is -5.58. The highest BCUT2D eigenvalue weighted by Crippen LogP contribution is 2.55. The zero-order valence-corrected chi connectivity index (χ0v) is 42.4. The third-order valence-electron chi connectivity index (χ3n) is 12.5. The predicted molar refractivity (Wildman–Crippen MR) is 247 cm³/mol. The van der Waals surface area contributed by atoms with Gasteiger partial charge in [-0.3, -0.25) is 19.1 Å². The molecule has 0 radical (unpaired) electrons. The molecule has 3 aromatic heterocycles. The zero-order valence-electron chi connectivity index (χ0n) is 40.0. The molecular formula is C45H48ClF10N7O9S2. The summed E-state index contributed by atoms with van der Waals surface area (Å²) in [5.41, 5.74) is -5.54. The summed E-state index contributed by atoms with van der Waals surface area (Å²) in [5, 5.41) is 17.6. The van der Waals surface area contributed by atoms with Crippen LogP contribution in [0.2, 0.25) is 5.02 Å². The molecule has 0 spiro atoms. The first-order valence-electron chi connectivity index (χ1n) is 22.2. The van der Waals surface area contributed by atoms with E-state index in [9.17, 15) is 61.5 Å². The first-order valence-corrected chi connectivity index (χ1v) is 26.3. The topological polar surface area (TPSA) is 205 Å². The maximum absolute atomic E-state index is 15.8. The molecule has 2 N–H and O–H groups in total. The predicted octanol–water partition coefficient (Wildman–Crippen LogP) is 8.42. The Morgan fingerprint density at radius 3 is 2.14 bits per heavy atom. The van der Waals surface area contributed by atoms with Gasteiger partial charge in [-0.2, -0.15) is 49.6 Å². The molecule has 1 aliphatic rings. The molecule has 0 unspecified atom stereocenters. The Bertz CT molecular complexity index is 3170. The Balaban J connectivity index is 1.61. The first kappa shape index (κ1) is 57.7. The molecule has 16 nitrogen and oxygen atoms in total. The molecular weight excluding hydrogens is 1070 g/mol. The number of carbonyl (C=O) groups excluding carboxylic acids is 2. The number of hydrogen-bond acceptors (Lipinski definition) is 12. The number of sulfone groups is 1. The van der Waals surface area contributed by atoms with Crippen LogP contribution in [0.5, 0.6) is 0 Å². The van der Waals surface area contributed by atoms with Gasteiger partial charge in [0.15, 0.2) is 21.3 Å². The lowest BCUT2D eigenvalue weighted by Gasteiger charge is -2.25. The number of benzene rings is 2. The second kappa shape index (κ2) is 21.2. The minimum Gasteiger partial charge on any atom is -0.446 e. The molecule has 29 heteroatoms. The average molecular weight is 1120 g/mol. The van der Waals surface area contributed by atoms with E-state index in [1.54, 1.807) is 0 Å². The largest absolute Gasteiger partial charge is 0.446 e. The normalized spacial score (nSPS) is 16.6. The van der Waals surface area contributed by atoms with Crippen molar-refractivity contribution in [2.45, 2.75) is 95.0 Å². The van der Waals surface area contributed by atoms with E-state index in [2.05, 4.69) is 20.5 Å². The van der Waals surface area contributed by atoms with Crippen LogP contribution in [-0.2, 0) is 72.2 Å². The van der Waals surface area contributed by atoms with Crippen LogP contribution in [0.4, 0.5) is 54.5 Å². The van der Waals surface area contributed by atoms with Crippen LogP contribution in [0, 0.1) is 17.6 Å². The number of anilines is 1. The minimum atomic E-state index is -5.26. The highest BCUT2D eigenvalue weighted by atomic mass is 35.5. The van der Waals surface area contributed by atoms with Crippen LogP contribution in [-0.4, -0.2) is 108 Å². The standard InChI is InChI=1S/C45H48ClF10N7O9S2/c1-23-24(2)44(52,53)39-34(23)38(45(54,55)56)59-61(39)21-33(65)58-32(19-25-17-26(47)20-27(48)18-25)36-29(8-7-28(57-36)11-12-42(3,4)73(5,67)68)30-9-10-31(46)35-37(30)62(22-43(49,50)51)60-40(35)63(74(6,69)70)41(66)72-16-15-71-14-13-64/h7-10,17-18,20,23-24,32,64H,11-16,19,21-22H2,1-6H3,(H,58,65)/t23-,24+,32-/m0/s1. The highest BCUT2D eigenvalue weighted by molar-refractivity contribution is 7.92. The fourth-order valence-corrected chi connectivity index (χ4v) is 9.86. The summed E-state index contributed by atoms with van der Waals surface area (Å²) >= 11 is 6.63. The second-order valence-electron chi connectivity index (χ2n) is 18.2. The van der Waals surface area contributed by atoms with Crippen LogP contribution >= 0.6 is 11.6 Å². The van der Waals surface area contributed by atoms with Crippen LogP contribution < -0.4 is 9.62 Å². The van der Waals surface area contributed by atoms with E-state index in [1.165, 1.54) is 26.0 Å². The summed E-state index contributed by atoms with van der Waals surface area (Å²) in [6.07, 6.45) is -11.6. The fraction of sp³-hybridized carbons (Fsp3) is 0.489. The van der Waals surface area contributed by atoms with E-state index in [0.717, 1.165) is 44.4 Å². The van der Waals surface area contributed by atoms with Gasteiger partial charge < -0.3 is 19.9 Å². The van der Waals surface area contributed by atoms with Crippen molar-refractivity contribution in [1.82, 2.24) is 29.9 Å². The number of nitrogens with zero attached hydrogens (tertiary/aromatic N) is 6. The van der Waals surface area contributed by atoms with Gasteiger partial charge in [0, 0.05) is 40.6 Å². The van der Waals surface area contributed by atoms with E-state index >= 15 is 8.78 Å². The average Bonchev–Trinajstić information content (AvgIpc) is 3.87. The fourth-order valence-electron chi connectivity index (χ4n) is 8.38. The van der Waals surface area contributed by atoms with E-state index in [4.69, 9.17) is 26.2 Å². The van der Waals surface area contributed by atoms with Gasteiger partial charge in [0.2, 0.25) is 15.9 Å². The number of aromatic nitrogens is 5. The zero-order chi connectivity index (χ0) is 55.3. The number of sulfonamides is 1. The Kier molecular flexibility index (Phi) is 16.5. The molecule has 3 heterocycles. The van der Waals surface area contributed by atoms with Crippen molar-refractivity contribution in [3.8, 4) is 11.1 Å². The molecule has 74 heavy (non-hydrogen) atoms. The van der Waals surface area contributed by atoms with Crippen molar-refractivity contribution in [2.75, 3.05) is 43.2 Å². The highest BCUT2D eigenvalue weighted by Gasteiger charge is 2.57. The van der Waals surface area contributed by atoms with Gasteiger partial charge in [-0.25, -0.2) is 30.4 Å². The van der Waals surface area contributed by atoms with Crippen molar-refractivity contribution >= 4 is 60.2 Å². The second-order valence-corrected chi connectivity index (χ2v) is 23.1. The van der Waals surface area contributed by atoms with E-state index in [-0.39, 0.29) is 67.8 Å². The monoisotopic (exact) mass is 1120 g/mol. The molecule has 2 amide bonds. The van der Waals surface area contributed by atoms with Crippen molar-refractivity contribution in [3.63, 3.8) is 0 Å². The van der Waals surface area contributed by atoms with Crippen molar-refractivity contribution in [2.24, 2.45) is 5.92 Å². The van der Waals surface area contributed by atoms with Gasteiger partial charge in [0.1, 0.15) is 37.0 Å². The number of carbonyl (C=O) groups is 2. The molecule has 3 atom stereocenters. The van der Waals surface area contributed by atoms with Gasteiger partial charge in [0.25, 0.3) is 5.92 Å². The third kappa shape index (κ3) is 12.4. The number of pyridine rings is 1. The van der Waals surface area contributed by atoms with Crippen molar-refractivity contribution < 1.29 is 84.9 Å². The molecule has 0 saturated carbocycles. The van der Waals surface area contributed by atoms with E-state index in [0.29, 0.717) is 12.3 Å². The number of halogens is 11. The molecule has 1 aliphatic carbocycles. The molecule has 2 aromatic carbocycles. The summed E-state index contributed by atoms with van der Waals surface area (Å²) in [5.74, 6) is -11.6. The Morgan fingerprint density at radius 1 is 0.919 bits per heavy atom. The van der Waals surface area contributed by atoms with Gasteiger partial charge in [-0.1, -0.05) is 37.6 Å². The maximum Gasteiger partial charge on any atom is 0.435 e. The number of rotatable bonds is 19. The van der Waals surface area contributed by atoms with Gasteiger partial charge >= 0.3 is 18.4 Å². The van der Waals surface area contributed by atoms with Crippen LogP contribution in [0.1, 0.15) is 80.0 Å². The summed E-state index contributed by atoms with van der Waals surface area (Å²) in [6.45, 7) is 0.0413. The van der Waals surface area contributed by atoms with Crippen molar-refractivity contribution in [1.29, 1.82) is 0 Å². The molecule has 0 aliphatic heterocycles. The van der Waals surface area contributed by atoms with E-state index < -0.39 is 156 Å². The number of aliphatic hydroxyl groups is 1. The summed E-state index contributed by atoms with van der Waals surface area (Å²) in [6, 6.07) is 5.10. The maximum atomic E-state index is 15.8. The number of hydrogen-bond donors (Lipinski definition) is 2. The number of aryl methyl sites for hydroxylation is 1. The number of aliphatic hydroxyl groups excluding tert-OH is 1. The Morgan fingerprint density at radius 2 is 1.55 bits per heavy atom. The molecule has 0 fully saturated rings. The van der Waals surface area contributed by atoms with Gasteiger partial charge in [0.05, 0.1) is 58.5 Å². The van der Waals surface area contributed by atoms with Gasteiger partial charge in [-0.15, -0.1) is 0 Å². The smallest absolute Gasteiger partial charge is 0.435 e. The van der Waals surface area contributed by atoms with Crippen LogP contribution in [0.15, 0.2) is 42.5 Å². The summed E-state index contributed by atoms with van der Waals surface area (Å²) < 4.78 is 209. The summed E-state index contributed by atoms with van der Waals surface area (Å²) in [4.78, 5) is 32.4. The van der Waals surface area contributed by atoms with E-state index in [1.807, 2.05) is 0 Å². The number of alkyl halides is 8. The van der Waals surface area contributed by atoms with Crippen LogP contribution in [0.3, 0.4) is 0 Å². The molecule has 6 rings (SSSR count). The quantitative estimate of drug-likeness (QED) is 0.0591.